The monoisotopic (exact) mass is 674 g/mol. The Morgan fingerprint density at radius 2 is 1.31 bits per heavy atom. The van der Waals surface area contributed by atoms with Crippen molar-refractivity contribution in [3.05, 3.63) is 150 Å². The van der Waals surface area contributed by atoms with Gasteiger partial charge in [-0.3, -0.25) is 9.97 Å². The van der Waals surface area contributed by atoms with E-state index in [1.807, 2.05) is 6.07 Å². The van der Waals surface area contributed by atoms with Gasteiger partial charge in [-0.1, -0.05) is 111 Å². The molecule has 0 N–H and O–H groups in total. The van der Waals surface area contributed by atoms with Gasteiger partial charge in [0.15, 0.2) is 0 Å². The number of benzene rings is 5. The summed E-state index contributed by atoms with van der Waals surface area (Å²) in [6.07, 6.45) is 3.81. The Kier molecular flexibility index (Phi) is 6.65. The number of rotatable bonds is 5. The summed E-state index contributed by atoms with van der Waals surface area (Å²) in [6, 6.07) is 47.9. The summed E-state index contributed by atoms with van der Waals surface area (Å²) < 4.78 is 12.2. The number of pyridine rings is 2. The van der Waals surface area contributed by atoms with E-state index in [2.05, 4.69) is 159 Å². The van der Waals surface area contributed by atoms with E-state index in [1.54, 1.807) is 0 Å². The summed E-state index contributed by atoms with van der Waals surface area (Å²) in [5.74, 6) is -0.636. The van der Waals surface area contributed by atoms with Crippen molar-refractivity contribution in [3.63, 3.8) is 0 Å². The van der Waals surface area contributed by atoms with Crippen molar-refractivity contribution in [2.24, 2.45) is 5.41 Å². The maximum atomic E-state index is 9.74. The number of para-hydroxylation sites is 2. The summed E-state index contributed by atoms with van der Waals surface area (Å²) in [5, 5.41) is 7.61. The third-order valence-electron chi connectivity index (χ3n) is 12.1. The van der Waals surface area contributed by atoms with Gasteiger partial charge in [-0.25, -0.2) is 0 Å². The first kappa shape index (κ1) is 30.1. The van der Waals surface area contributed by atoms with Crippen LogP contribution in [0.2, 0.25) is 0 Å². The van der Waals surface area contributed by atoms with Crippen LogP contribution in [0.5, 0.6) is 0 Å². The Hall–Kier alpha value is -5.54. The largest absolute Gasteiger partial charge is 0.308 e. The number of fused-ring (bicyclic) bond motifs is 8. The highest BCUT2D eigenvalue weighted by atomic mass is 14.9. The molecule has 254 valence electrons. The summed E-state index contributed by atoms with van der Waals surface area (Å²) in [6.45, 7) is 9.14. The Morgan fingerprint density at radius 3 is 2.15 bits per heavy atom. The first-order valence-electron chi connectivity index (χ1n) is 19.3. The molecule has 0 unspecified atom stereocenters. The van der Waals surface area contributed by atoms with Crippen LogP contribution in [0.3, 0.4) is 0 Å². The van der Waals surface area contributed by atoms with Crippen LogP contribution in [0.15, 0.2) is 133 Å². The van der Waals surface area contributed by atoms with E-state index in [1.165, 1.54) is 48.9 Å². The first-order chi connectivity index (χ1) is 25.6. The molecule has 9 aromatic rings. The summed E-state index contributed by atoms with van der Waals surface area (Å²) >= 11 is 0. The highest BCUT2D eigenvalue weighted by molar-refractivity contribution is 6.29. The average Bonchev–Trinajstić information content (AvgIpc) is 3.72. The molecule has 3 heteroatoms. The molecule has 0 amide bonds. The van der Waals surface area contributed by atoms with Gasteiger partial charge in [0.25, 0.3) is 0 Å². The Morgan fingerprint density at radius 1 is 0.615 bits per heavy atom. The molecule has 0 atom stereocenters. The van der Waals surface area contributed by atoms with Crippen molar-refractivity contribution in [3.8, 4) is 22.5 Å². The molecule has 0 spiro atoms. The standard InChI is InChI=1S/C49H43N3/c1-48(2)27-25-31(26-28-48)33-29-41(32-13-6-5-7-14-32)51-45(30-33)49(3,4)44-22-12-20-40(50-44)35-16-10-17-37-34(35)23-24-43-46(37)39-19-11-18-38-36-15-8-9-21-42(36)52(43)47(38)39/h5-24,29-31H,25-28H2,1-4H3/i31D. The SMILES string of the molecule is [2H]C1(c2cc(-c3ccccc3)nc(C(C)(C)c3cccc(-c4cccc5c4ccc4c5c5cccc6c7ccccc7n4c65)n3)c2)CCC(C)(C)CC1. The molecular weight excluding hydrogens is 631 g/mol. The molecule has 1 fully saturated rings. The van der Waals surface area contributed by atoms with Gasteiger partial charge in [-0.15, -0.1) is 0 Å². The van der Waals surface area contributed by atoms with Gasteiger partial charge in [0, 0.05) is 39.5 Å². The predicted molar refractivity (Wildman–Crippen MR) is 219 cm³/mol. The second kappa shape index (κ2) is 11.5. The second-order valence-corrected chi connectivity index (χ2v) is 16.2. The van der Waals surface area contributed by atoms with Crippen molar-refractivity contribution in [2.75, 3.05) is 0 Å². The van der Waals surface area contributed by atoms with E-state index < -0.39 is 11.3 Å². The van der Waals surface area contributed by atoms with Crippen LogP contribution in [-0.2, 0) is 5.41 Å². The van der Waals surface area contributed by atoms with Crippen molar-refractivity contribution >= 4 is 48.9 Å². The fraction of sp³-hybridized carbons (Fsp3) is 0.224. The van der Waals surface area contributed by atoms with Crippen LogP contribution in [0.1, 0.15) is 77.6 Å². The first-order valence-corrected chi connectivity index (χ1v) is 18.8. The maximum absolute atomic E-state index is 9.74. The fourth-order valence-corrected chi connectivity index (χ4v) is 8.90. The van der Waals surface area contributed by atoms with E-state index in [-0.39, 0.29) is 5.41 Å². The Balaban J connectivity index is 1.11. The van der Waals surface area contributed by atoms with Crippen molar-refractivity contribution in [1.82, 2.24) is 14.4 Å². The molecule has 4 aromatic heterocycles. The number of hydrogen-bond donors (Lipinski definition) is 0. The maximum Gasteiger partial charge on any atom is 0.0711 e. The van der Waals surface area contributed by atoms with Gasteiger partial charge in [0.05, 0.1) is 39.3 Å². The molecule has 52 heavy (non-hydrogen) atoms. The molecule has 0 saturated heterocycles. The summed E-state index contributed by atoms with van der Waals surface area (Å²) in [5.41, 5.74) is 10.6. The zero-order valence-electron chi connectivity index (χ0n) is 31.4. The van der Waals surface area contributed by atoms with E-state index in [9.17, 15) is 1.37 Å². The molecule has 0 aliphatic heterocycles. The van der Waals surface area contributed by atoms with E-state index in [0.29, 0.717) is 0 Å². The number of nitrogens with zero attached hydrogens (tertiary/aromatic N) is 3. The zero-order chi connectivity index (χ0) is 36.1. The highest BCUT2D eigenvalue weighted by Crippen LogP contribution is 2.45. The molecule has 5 aromatic carbocycles. The lowest BCUT2D eigenvalue weighted by molar-refractivity contribution is 0.224. The molecule has 3 nitrogen and oxygen atoms in total. The van der Waals surface area contributed by atoms with Crippen LogP contribution in [0, 0.1) is 5.41 Å². The normalized spacial score (nSPS) is 16.3. The van der Waals surface area contributed by atoms with Gasteiger partial charge in [-0.2, -0.15) is 0 Å². The number of aromatic nitrogens is 3. The molecule has 0 radical (unpaired) electrons. The predicted octanol–water partition coefficient (Wildman–Crippen LogP) is 13.1. The lowest BCUT2D eigenvalue weighted by Crippen LogP contribution is -2.24. The minimum absolute atomic E-state index is 0.278. The molecule has 10 rings (SSSR count). The van der Waals surface area contributed by atoms with Crippen LogP contribution in [0.25, 0.3) is 71.4 Å². The topological polar surface area (TPSA) is 30.2 Å². The third-order valence-corrected chi connectivity index (χ3v) is 12.1. The Labute approximate surface area is 306 Å². The summed E-state index contributed by atoms with van der Waals surface area (Å²) in [7, 11) is 0. The molecule has 0 bridgehead atoms. The zero-order valence-corrected chi connectivity index (χ0v) is 30.4. The molecule has 1 saturated carbocycles. The minimum Gasteiger partial charge on any atom is -0.308 e. The van der Waals surface area contributed by atoms with Crippen molar-refractivity contribution < 1.29 is 1.37 Å². The molecule has 4 heterocycles. The lowest BCUT2D eigenvalue weighted by atomic mass is 9.71. The average molecular weight is 675 g/mol. The van der Waals surface area contributed by atoms with Crippen molar-refractivity contribution in [1.29, 1.82) is 0 Å². The fourth-order valence-electron chi connectivity index (χ4n) is 8.90. The van der Waals surface area contributed by atoms with Crippen LogP contribution >= 0.6 is 0 Å². The van der Waals surface area contributed by atoms with Crippen LogP contribution < -0.4 is 0 Å². The van der Waals surface area contributed by atoms with Crippen LogP contribution in [0.4, 0.5) is 0 Å². The highest BCUT2D eigenvalue weighted by Gasteiger charge is 2.32. The van der Waals surface area contributed by atoms with Gasteiger partial charge in [-0.05, 0) is 104 Å². The van der Waals surface area contributed by atoms with E-state index in [0.717, 1.165) is 65.1 Å². The van der Waals surface area contributed by atoms with Crippen LogP contribution in [-0.4, -0.2) is 14.4 Å². The van der Waals surface area contributed by atoms with Gasteiger partial charge in [0.1, 0.15) is 0 Å². The molecular formula is C49H43N3. The number of hydrogen-bond acceptors (Lipinski definition) is 2. The summed E-state index contributed by atoms with van der Waals surface area (Å²) in [4.78, 5) is 10.8. The molecule has 1 aliphatic rings. The smallest absolute Gasteiger partial charge is 0.0711 e. The lowest BCUT2D eigenvalue weighted by Gasteiger charge is -2.35. The third kappa shape index (κ3) is 4.79. The Bertz CT molecular complexity index is 2850. The second-order valence-electron chi connectivity index (χ2n) is 16.2. The van der Waals surface area contributed by atoms with E-state index >= 15 is 0 Å². The van der Waals surface area contributed by atoms with Gasteiger partial charge >= 0.3 is 0 Å². The molecule has 1 aliphatic carbocycles. The van der Waals surface area contributed by atoms with Gasteiger partial charge < -0.3 is 4.40 Å². The minimum atomic E-state index is -0.636. The van der Waals surface area contributed by atoms with E-state index in [4.69, 9.17) is 9.97 Å². The van der Waals surface area contributed by atoms with Crippen molar-refractivity contribution in [2.45, 2.75) is 64.7 Å². The van der Waals surface area contributed by atoms with Gasteiger partial charge in [0.2, 0.25) is 0 Å². The quantitative estimate of drug-likeness (QED) is 0.182.